The summed E-state index contributed by atoms with van der Waals surface area (Å²) in [5.74, 6) is -0.409. The van der Waals surface area contributed by atoms with Crippen LogP contribution in [-0.4, -0.2) is 30.1 Å². The standard InChI is InChI=1S/C12H14ClN3O4/c1-12(6-20-5-10(12)14)11(17)15-8-3-2-7(13)4-9(8)16(18)19/h2-4,10H,5-6,14H2,1H3,(H,15,17). The third-order valence-electron chi connectivity index (χ3n) is 3.44. The molecule has 1 aliphatic heterocycles. The number of rotatable bonds is 3. The summed E-state index contributed by atoms with van der Waals surface area (Å²) in [5, 5.41) is 13.7. The second kappa shape index (κ2) is 5.35. The molecule has 2 rings (SSSR count). The topological polar surface area (TPSA) is 107 Å². The van der Waals surface area contributed by atoms with Crippen molar-refractivity contribution in [1.29, 1.82) is 0 Å². The lowest BCUT2D eigenvalue weighted by Gasteiger charge is -2.25. The molecule has 0 radical (unpaired) electrons. The maximum absolute atomic E-state index is 12.3. The molecule has 2 unspecified atom stereocenters. The molecule has 1 fully saturated rings. The number of nitrogens with two attached hydrogens (primary N) is 1. The first-order valence-electron chi connectivity index (χ1n) is 5.93. The molecule has 0 saturated carbocycles. The largest absolute Gasteiger partial charge is 0.379 e. The van der Waals surface area contributed by atoms with E-state index in [2.05, 4.69) is 5.32 Å². The average Bonchev–Trinajstić information content (AvgIpc) is 2.73. The lowest BCUT2D eigenvalue weighted by molar-refractivity contribution is -0.383. The van der Waals surface area contributed by atoms with Crippen molar-refractivity contribution in [3.8, 4) is 0 Å². The molecule has 0 aromatic heterocycles. The van der Waals surface area contributed by atoms with Gasteiger partial charge >= 0.3 is 0 Å². The zero-order valence-corrected chi connectivity index (χ0v) is 11.5. The van der Waals surface area contributed by atoms with Crippen molar-refractivity contribution >= 4 is 28.9 Å². The van der Waals surface area contributed by atoms with Crippen LogP contribution in [0.25, 0.3) is 0 Å². The number of halogens is 1. The van der Waals surface area contributed by atoms with Crippen molar-refractivity contribution in [3.05, 3.63) is 33.3 Å². The number of carbonyl (C=O) groups is 1. The van der Waals surface area contributed by atoms with Gasteiger partial charge < -0.3 is 15.8 Å². The number of nitro groups is 1. The van der Waals surface area contributed by atoms with Crippen molar-refractivity contribution in [2.75, 3.05) is 18.5 Å². The van der Waals surface area contributed by atoms with Crippen LogP contribution in [0.2, 0.25) is 5.02 Å². The van der Waals surface area contributed by atoms with Gasteiger partial charge in [-0.3, -0.25) is 14.9 Å². The third kappa shape index (κ3) is 2.60. The minimum atomic E-state index is -0.909. The molecule has 1 aromatic carbocycles. The number of anilines is 1. The fraction of sp³-hybridized carbons (Fsp3) is 0.417. The van der Waals surface area contributed by atoms with E-state index in [1.807, 2.05) is 0 Å². The number of amides is 1. The number of nitrogens with one attached hydrogen (secondary N) is 1. The minimum absolute atomic E-state index is 0.0877. The summed E-state index contributed by atoms with van der Waals surface area (Å²) in [5.41, 5.74) is 4.77. The highest BCUT2D eigenvalue weighted by Crippen LogP contribution is 2.32. The van der Waals surface area contributed by atoms with E-state index >= 15 is 0 Å². The number of nitrogens with zero attached hydrogens (tertiary/aromatic N) is 1. The van der Waals surface area contributed by atoms with Crippen LogP contribution >= 0.6 is 11.6 Å². The van der Waals surface area contributed by atoms with Gasteiger partial charge in [-0.2, -0.15) is 0 Å². The van der Waals surface area contributed by atoms with E-state index in [1.165, 1.54) is 18.2 Å². The Morgan fingerprint density at radius 3 is 2.90 bits per heavy atom. The van der Waals surface area contributed by atoms with Crippen LogP contribution in [0.3, 0.4) is 0 Å². The van der Waals surface area contributed by atoms with E-state index in [1.54, 1.807) is 6.92 Å². The first-order chi connectivity index (χ1) is 9.34. The van der Waals surface area contributed by atoms with E-state index in [0.717, 1.165) is 0 Å². The molecular formula is C12H14ClN3O4. The van der Waals surface area contributed by atoms with Gasteiger partial charge in [-0.05, 0) is 19.1 Å². The van der Waals surface area contributed by atoms with Crippen molar-refractivity contribution in [1.82, 2.24) is 0 Å². The Hall–Kier alpha value is -1.70. The van der Waals surface area contributed by atoms with Crippen molar-refractivity contribution in [2.24, 2.45) is 11.1 Å². The molecule has 3 N–H and O–H groups in total. The van der Waals surface area contributed by atoms with E-state index in [0.29, 0.717) is 0 Å². The van der Waals surface area contributed by atoms with Gasteiger partial charge in [-0.15, -0.1) is 0 Å². The summed E-state index contributed by atoms with van der Waals surface area (Å²) < 4.78 is 5.19. The fourth-order valence-electron chi connectivity index (χ4n) is 1.95. The molecule has 1 aliphatic rings. The molecule has 20 heavy (non-hydrogen) atoms. The van der Waals surface area contributed by atoms with Crippen LogP contribution in [0, 0.1) is 15.5 Å². The molecule has 108 valence electrons. The molecule has 1 saturated heterocycles. The Labute approximate surface area is 120 Å². The van der Waals surface area contributed by atoms with Gasteiger partial charge in [0, 0.05) is 17.1 Å². The van der Waals surface area contributed by atoms with Crippen LogP contribution in [0.4, 0.5) is 11.4 Å². The Morgan fingerprint density at radius 2 is 2.35 bits per heavy atom. The number of hydrogen-bond donors (Lipinski definition) is 2. The summed E-state index contributed by atoms with van der Waals surface area (Å²) in [7, 11) is 0. The van der Waals surface area contributed by atoms with Crippen LogP contribution < -0.4 is 11.1 Å². The molecule has 0 bridgehead atoms. The normalized spacial score (nSPS) is 25.4. The molecule has 0 spiro atoms. The lowest BCUT2D eigenvalue weighted by Crippen LogP contribution is -2.47. The first kappa shape index (κ1) is 14.7. The fourth-order valence-corrected chi connectivity index (χ4v) is 2.12. The van der Waals surface area contributed by atoms with Crippen LogP contribution in [0.5, 0.6) is 0 Å². The molecule has 0 aliphatic carbocycles. The van der Waals surface area contributed by atoms with Crippen LogP contribution in [0.15, 0.2) is 18.2 Å². The van der Waals surface area contributed by atoms with E-state index in [9.17, 15) is 14.9 Å². The Morgan fingerprint density at radius 1 is 1.65 bits per heavy atom. The van der Waals surface area contributed by atoms with E-state index in [4.69, 9.17) is 22.1 Å². The van der Waals surface area contributed by atoms with E-state index in [-0.39, 0.29) is 29.6 Å². The second-order valence-electron chi connectivity index (χ2n) is 4.91. The number of hydrogen-bond acceptors (Lipinski definition) is 5. The minimum Gasteiger partial charge on any atom is -0.379 e. The molecule has 1 amide bonds. The molecule has 1 aromatic rings. The van der Waals surface area contributed by atoms with Gasteiger partial charge in [-0.25, -0.2) is 0 Å². The average molecular weight is 300 g/mol. The predicted molar refractivity (Wildman–Crippen MR) is 73.6 cm³/mol. The lowest BCUT2D eigenvalue weighted by atomic mass is 9.85. The van der Waals surface area contributed by atoms with Gasteiger partial charge in [0.25, 0.3) is 5.69 Å². The predicted octanol–water partition coefficient (Wildman–Crippen LogP) is 1.55. The van der Waals surface area contributed by atoms with Crippen LogP contribution in [-0.2, 0) is 9.53 Å². The van der Waals surface area contributed by atoms with Crippen molar-refractivity contribution < 1.29 is 14.5 Å². The van der Waals surface area contributed by atoms with Gasteiger partial charge in [0.1, 0.15) is 5.69 Å². The SMILES string of the molecule is CC1(C(=O)Nc2ccc(Cl)cc2[N+](=O)[O-])COCC1N. The van der Waals surface area contributed by atoms with E-state index < -0.39 is 22.3 Å². The Balaban J connectivity index is 2.26. The highest BCUT2D eigenvalue weighted by Gasteiger charge is 2.44. The van der Waals surface area contributed by atoms with Crippen molar-refractivity contribution in [2.45, 2.75) is 13.0 Å². The summed E-state index contributed by atoms with van der Waals surface area (Å²) in [6.07, 6.45) is 0. The van der Waals surface area contributed by atoms with Gasteiger partial charge in [0.05, 0.1) is 23.6 Å². The monoisotopic (exact) mass is 299 g/mol. The number of carbonyl (C=O) groups excluding carboxylic acids is 1. The molecule has 8 heteroatoms. The zero-order valence-electron chi connectivity index (χ0n) is 10.8. The van der Waals surface area contributed by atoms with Gasteiger partial charge in [0.2, 0.25) is 5.91 Å². The van der Waals surface area contributed by atoms with Crippen LogP contribution in [0.1, 0.15) is 6.92 Å². The summed E-state index contributed by atoms with van der Waals surface area (Å²) >= 11 is 5.72. The summed E-state index contributed by atoms with van der Waals surface area (Å²) in [4.78, 5) is 22.6. The smallest absolute Gasteiger partial charge is 0.294 e. The summed E-state index contributed by atoms with van der Waals surface area (Å²) in [6.45, 7) is 2.13. The number of ether oxygens (including phenoxy) is 1. The molecule has 2 atom stereocenters. The number of benzene rings is 1. The molecular weight excluding hydrogens is 286 g/mol. The highest BCUT2D eigenvalue weighted by atomic mass is 35.5. The zero-order chi connectivity index (χ0) is 14.9. The summed E-state index contributed by atoms with van der Waals surface area (Å²) in [6, 6.07) is 3.60. The molecule has 7 nitrogen and oxygen atoms in total. The first-order valence-corrected chi connectivity index (χ1v) is 6.31. The van der Waals surface area contributed by atoms with Crippen molar-refractivity contribution in [3.63, 3.8) is 0 Å². The third-order valence-corrected chi connectivity index (χ3v) is 3.68. The number of nitro benzene ring substituents is 1. The molecule has 1 heterocycles. The quantitative estimate of drug-likeness (QED) is 0.650. The maximum Gasteiger partial charge on any atom is 0.294 e. The second-order valence-corrected chi connectivity index (χ2v) is 5.35. The Kier molecular flexibility index (Phi) is 3.94. The highest BCUT2D eigenvalue weighted by molar-refractivity contribution is 6.31. The Bertz CT molecular complexity index is 566. The van der Waals surface area contributed by atoms with Gasteiger partial charge in [0.15, 0.2) is 0 Å². The van der Waals surface area contributed by atoms with Gasteiger partial charge in [-0.1, -0.05) is 11.6 Å². The maximum atomic E-state index is 12.3.